The smallest absolute Gasteiger partial charge is 0.232 e. The molecule has 2 nitrogen and oxygen atoms in total. The lowest BCUT2D eigenvalue weighted by atomic mass is 10.2. The van der Waals surface area contributed by atoms with Gasteiger partial charge in [-0.15, -0.1) is 0 Å². The minimum atomic E-state index is 0.115. The molecule has 14 heavy (non-hydrogen) atoms. The molecule has 0 spiro atoms. The van der Waals surface area contributed by atoms with Gasteiger partial charge >= 0.3 is 0 Å². The van der Waals surface area contributed by atoms with E-state index in [0.717, 1.165) is 16.2 Å². The molecule has 0 radical (unpaired) electrons. The molecule has 1 amide bonds. The lowest BCUT2D eigenvalue weighted by Crippen LogP contribution is -2.27. The Morgan fingerprint density at radius 3 is 2.57 bits per heavy atom. The zero-order chi connectivity index (χ0) is 10.1. The quantitative estimate of drug-likeness (QED) is 0.656. The summed E-state index contributed by atoms with van der Waals surface area (Å²) >= 11 is 5.16. The zero-order valence-electron chi connectivity index (χ0n) is 7.99. The normalized spacial score (nSPS) is 16.5. The van der Waals surface area contributed by atoms with E-state index in [0.29, 0.717) is 12.8 Å². The Morgan fingerprint density at radius 1 is 1.29 bits per heavy atom. The maximum atomic E-state index is 11.6. The van der Waals surface area contributed by atoms with Gasteiger partial charge in [-0.25, -0.2) is 0 Å². The van der Waals surface area contributed by atoms with E-state index in [1.54, 1.807) is 4.90 Å². The van der Waals surface area contributed by atoms with Crippen LogP contribution in [-0.4, -0.2) is 10.9 Å². The maximum absolute atomic E-state index is 11.6. The average molecular weight is 205 g/mol. The molecule has 1 aliphatic heterocycles. The van der Waals surface area contributed by atoms with Gasteiger partial charge < -0.3 is 0 Å². The van der Waals surface area contributed by atoms with Gasteiger partial charge in [-0.1, -0.05) is 30.4 Å². The van der Waals surface area contributed by atoms with Crippen LogP contribution in [-0.2, 0) is 4.79 Å². The minimum Gasteiger partial charge on any atom is -0.275 e. The maximum Gasteiger partial charge on any atom is 0.232 e. The molecule has 0 unspecified atom stereocenters. The second-order valence-corrected chi connectivity index (χ2v) is 3.88. The van der Waals surface area contributed by atoms with Crippen LogP contribution in [0.5, 0.6) is 0 Å². The Hall–Kier alpha value is -1.22. The summed E-state index contributed by atoms with van der Waals surface area (Å²) < 4.78 is 0. The largest absolute Gasteiger partial charge is 0.275 e. The molecule has 3 heteroatoms. The van der Waals surface area contributed by atoms with Gasteiger partial charge in [0.15, 0.2) is 0 Å². The summed E-state index contributed by atoms with van der Waals surface area (Å²) in [6.07, 6.45) is 1.26. The molecule has 1 fully saturated rings. The number of amides is 1. The van der Waals surface area contributed by atoms with E-state index < -0.39 is 0 Å². The topological polar surface area (TPSA) is 20.3 Å². The highest BCUT2D eigenvalue weighted by molar-refractivity contribution is 7.80. The number of carbonyl (C=O) groups is 1. The molecule has 1 saturated heterocycles. The van der Waals surface area contributed by atoms with E-state index in [1.807, 2.05) is 31.2 Å². The first-order valence-electron chi connectivity index (χ1n) is 4.61. The van der Waals surface area contributed by atoms with Gasteiger partial charge in [-0.05, 0) is 18.6 Å². The summed E-state index contributed by atoms with van der Waals surface area (Å²) in [4.78, 5) is 14.0. The second kappa shape index (κ2) is 3.50. The molecule has 1 aromatic rings. The number of carbonyl (C=O) groups excluding carboxylic acids is 1. The highest BCUT2D eigenvalue weighted by Gasteiger charge is 2.27. The van der Waals surface area contributed by atoms with Gasteiger partial charge in [0.05, 0.1) is 10.7 Å². The summed E-state index contributed by atoms with van der Waals surface area (Å²) in [6.45, 7) is 1.99. The summed E-state index contributed by atoms with van der Waals surface area (Å²) in [5.74, 6) is 0.115. The Labute approximate surface area is 88.5 Å². The van der Waals surface area contributed by atoms with Gasteiger partial charge in [0.2, 0.25) is 5.91 Å². The fourth-order valence-corrected chi connectivity index (χ4v) is 1.96. The number of thiocarbonyl (C=S) groups is 1. The summed E-state index contributed by atoms with van der Waals surface area (Å²) in [5, 5.41) is 0. The fourth-order valence-electron chi connectivity index (χ4n) is 1.66. The first-order chi connectivity index (χ1) is 6.70. The molecule has 1 heterocycles. The van der Waals surface area contributed by atoms with E-state index in [-0.39, 0.29) is 5.91 Å². The molecule has 0 N–H and O–H groups in total. The van der Waals surface area contributed by atoms with E-state index in [4.69, 9.17) is 12.2 Å². The predicted molar refractivity (Wildman–Crippen MR) is 60.5 cm³/mol. The molecule has 0 aliphatic carbocycles. The van der Waals surface area contributed by atoms with Crippen molar-refractivity contribution in [2.24, 2.45) is 0 Å². The predicted octanol–water partition coefficient (Wildman–Crippen LogP) is 2.45. The van der Waals surface area contributed by atoms with Crippen molar-refractivity contribution in [3.8, 4) is 0 Å². The molecule has 1 aliphatic rings. The van der Waals surface area contributed by atoms with Crippen molar-refractivity contribution in [1.82, 2.24) is 0 Å². The summed E-state index contributed by atoms with van der Waals surface area (Å²) in [7, 11) is 0. The van der Waals surface area contributed by atoms with Crippen LogP contribution in [0.2, 0.25) is 0 Å². The molecule has 2 rings (SSSR count). The first kappa shape index (κ1) is 9.34. The molecule has 0 bridgehead atoms. The Kier molecular flexibility index (Phi) is 2.33. The van der Waals surface area contributed by atoms with Gasteiger partial charge in [0, 0.05) is 12.8 Å². The average Bonchev–Trinajstić information content (AvgIpc) is 2.48. The van der Waals surface area contributed by atoms with Crippen LogP contribution in [0.4, 0.5) is 5.69 Å². The number of aryl methyl sites for hydroxylation is 1. The number of hydrogen-bond acceptors (Lipinski definition) is 2. The van der Waals surface area contributed by atoms with Crippen molar-refractivity contribution in [3.05, 3.63) is 29.8 Å². The van der Waals surface area contributed by atoms with Crippen LogP contribution >= 0.6 is 12.2 Å². The third-order valence-corrected chi connectivity index (χ3v) is 2.79. The number of rotatable bonds is 1. The number of anilines is 1. The molecular formula is C11H11NOS. The monoisotopic (exact) mass is 205 g/mol. The molecule has 1 aromatic carbocycles. The van der Waals surface area contributed by atoms with Gasteiger partial charge in [-0.2, -0.15) is 0 Å². The fraction of sp³-hybridized carbons (Fsp3) is 0.273. The van der Waals surface area contributed by atoms with E-state index in [9.17, 15) is 4.79 Å². The summed E-state index contributed by atoms with van der Waals surface area (Å²) in [6, 6.07) is 7.81. The number of para-hydroxylation sites is 1. The van der Waals surface area contributed by atoms with E-state index in [2.05, 4.69) is 0 Å². The second-order valence-electron chi connectivity index (χ2n) is 3.41. The van der Waals surface area contributed by atoms with E-state index >= 15 is 0 Å². The van der Waals surface area contributed by atoms with Gasteiger partial charge in [0.1, 0.15) is 0 Å². The Balaban J connectivity index is 2.44. The lowest BCUT2D eigenvalue weighted by molar-refractivity contribution is -0.116. The van der Waals surface area contributed by atoms with Crippen LogP contribution in [0.3, 0.4) is 0 Å². The Morgan fingerprint density at radius 2 is 2.00 bits per heavy atom. The van der Waals surface area contributed by atoms with Crippen LogP contribution in [0.1, 0.15) is 18.4 Å². The van der Waals surface area contributed by atoms with Crippen molar-refractivity contribution in [2.45, 2.75) is 19.8 Å². The summed E-state index contributed by atoms with van der Waals surface area (Å²) in [5.41, 5.74) is 2.02. The SMILES string of the molecule is Cc1ccccc1N1C(=O)CCC1=S. The Bertz CT molecular complexity index is 384. The van der Waals surface area contributed by atoms with Crippen LogP contribution in [0.25, 0.3) is 0 Å². The van der Waals surface area contributed by atoms with Crippen molar-refractivity contribution in [2.75, 3.05) is 4.90 Å². The standard InChI is InChI=1S/C11H11NOS/c1-8-4-2-3-5-9(8)12-10(13)6-7-11(12)14/h2-5H,6-7H2,1H3. The van der Waals surface area contributed by atoms with Crippen molar-refractivity contribution in [1.29, 1.82) is 0 Å². The first-order valence-corrected chi connectivity index (χ1v) is 5.02. The van der Waals surface area contributed by atoms with Crippen LogP contribution in [0, 0.1) is 6.92 Å². The third kappa shape index (κ3) is 1.44. The highest BCUT2D eigenvalue weighted by atomic mass is 32.1. The number of benzene rings is 1. The highest BCUT2D eigenvalue weighted by Crippen LogP contribution is 2.26. The molecule has 0 atom stereocenters. The number of hydrogen-bond donors (Lipinski definition) is 0. The van der Waals surface area contributed by atoms with Gasteiger partial charge in [-0.3, -0.25) is 9.69 Å². The lowest BCUT2D eigenvalue weighted by Gasteiger charge is -2.17. The van der Waals surface area contributed by atoms with Crippen molar-refractivity contribution in [3.63, 3.8) is 0 Å². The third-order valence-electron chi connectivity index (χ3n) is 2.41. The zero-order valence-corrected chi connectivity index (χ0v) is 8.80. The molecular weight excluding hydrogens is 194 g/mol. The van der Waals surface area contributed by atoms with Gasteiger partial charge in [0.25, 0.3) is 0 Å². The molecule has 0 saturated carbocycles. The molecule has 72 valence electrons. The van der Waals surface area contributed by atoms with E-state index in [1.165, 1.54) is 0 Å². The molecule has 0 aromatic heterocycles. The van der Waals surface area contributed by atoms with Crippen LogP contribution < -0.4 is 4.90 Å². The number of nitrogens with zero attached hydrogens (tertiary/aromatic N) is 1. The van der Waals surface area contributed by atoms with Crippen LogP contribution in [0.15, 0.2) is 24.3 Å². The van der Waals surface area contributed by atoms with Crippen molar-refractivity contribution >= 4 is 28.8 Å². The minimum absolute atomic E-state index is 0.115. The van der Waals surface area contributed by atoms with Crippen molar-refractivity contribution < 1.29 is 4.79 Å².